The second-order valence-electron chi connectivity index (χ2n) is 6.94. The SMILES string of the molecule is FC(F)(F)c1ccc(OC2=C(Cl)C=CC(OCCCN/C=C/c3ccccc3)C=C2)cc1. The Hall–Kier alpha value is -2.96. The third-order valence-electron chi connectivity index (χ3n) is 4.48. The molecule has 7 heteroatoms. The van der Waals surface area contributed by atoms with Crippen LogP contribution in [0.5, 0.6) is 5.75 Å². The monoisotopic (exact) mass is 461 g/mol. The Morgan fingerprint density at radius 3 is 2.41 bits per heavy atom. The van der Waals surface area contributed by atoms with Crippen LogP contribution in [0.2, 0.25) is 0 Å². The van der Waals surface area contributed by atoms with E-state index in [1.54, 1.807) is 24.3 Å². The van der Waals surface area contributed by atoms with Crippen molar-refractivity contribution >= 4 is 17.7 Å². The van der Waals surface area contributed by atoms with Crippen LogP contribution in [0.1, 0.15) is 17.5 Å². The molecule has 0 heterocycles. The average Bonchev–Trinajstić information content (AvgIpc) is 2.95. The normalized spacial score (nSPS) is 16.4. The first-order valence-corrected chi connectivity index (χ1v) is 10.5. The highest BCUT2D eigenvalue weighted by Gasteiger charge is 2.30. The molecule has 1 aliphatic carbocycles. The minimum Gasteiger partial charge on any atom is -0.456 e. The van der Waals surface area contributed by atoms with Crippen LogP contribution >= 0.6 is 11.6 Å². The topological polar surface area (TPSA) is 30.5 Å². The highest BCUT2D eigenvalue weighted by Crippen LogP contribution is 2.31. The predicted octanol–water partition coefficient (Wildman–Crippen LogP) is 6.70. The van der Waals surface area contributed by atoms with Gasteiger partial charge in [0.1, 0.15) is 11.5 Å². The van der Waals surface area contributed by atoms with Crippen molar-refractivity contribution in [3.63, 3.8) is 0 Å². The molecule has 0 amide bonds. The van der Waals surface area contributed by atoms with E-state index in [1.165, 1.54) is 12.1 Å². The molecular formula is C25H23ClF3NO2. The van der Waals surface area contributed by atoms with Gasteiger partial charge in [-0.3, -0.25) is 0 Å². The van der Waals surface area contributed by atoms with E-state index in [4.69, 9.17) is 21.1 Å². The summed E-state index contributed by atoms with van der Waals surface area (Å²) < 4.78 is 49.5. The fourth-order valence-electron chi connectivity index (χ4n) is 2.82. The third-order valence-corrected chi connectivity index (χ3v) is 4.80. The first-order chi connectivity index (χ1) is 15.4. The number of nitrogens with one attached hydrogen (secondary N) is 1. The molecule has 0 aliphatic heterocycles. The fraction of sp³-hybridized carbons (Fsp3) is 0.200. The number of benzene rings is 2. The largest absolute Gasteiger partial charge is 0.456 e. The van der Waals surface area contributed by atoms with Gasteiger partial charge in [0.25, 0.3) is 0 Å². The zero-order valence-corrected chi connectivity index (χ0v) is 17.9. The summed E-state index contributed by atoms with van der Waals surface area (Å²) >= 11 is 6.24. The van der Waals surface area contributed by atoms with E-state index in [0.29, 0.717) is 17.4 Å². The van der Waals surface area contributed by atoms with Crippen molar-refractivity contribution in [1.82, 2.24) is 5.32 Å². The summed E-state index contributed by atoms with van der Waals surface area (Å²) in [7, 11) is 0. The molecule has 1 N–H and O–H groups in total. The molecule has 0 spiro atoms. The average molecular weight is 462 g/mol. The van der Waals surface area contributed by atoms with Crippen LogP contribution in [-0.4, -0.2) is 19.3 Å². The summed E-state index contributed by atoms with van der Waals surface area (Å²) in [4.78, 5) is 0. The smallest absolute Gasteiger partial charge is 0.416 e. The van der Waals surface area contributed by atoms with Gasteiger partial charge in [-0.15, -0.1) is 0 Å². The molecule has 0 saturated carbocycles. The highest BCUT2D eigenvalue weighted by molar-refractivity contribution is 6.31. The van der Waals surface area contributed by atoms with Crippen LogP contribution in [0, 0.1) is 0 Å². The molecule has 32 heavy (non-hydrogen) atoms. The van der Waals surface area contributed by atoms with Crippen molar-refractivity contribution in [3.05, 3.63) is 107 Å². The van der Waals surface area contributed by atoms with E-state index >= 15 is 0 Å². The Bertz CT molecular complexity index is 980. The van der Waals surface area contributed by atoms with E-state index < -0.39 is 11.7 Å². The van der Waals surface area contributed by atoms with E-state index in [1.807, 2.05) is 42.6 Å². The molecule has 1 atom stereocenters. The summed E-state index contributed by atoms with van der Waals surface area (Å²) in [6.45, 7) is 1.31. The number of rotatable bonds is 9. The highest BCUT2D eigenvalue weighted by atomic mass is 35.5. The van der Waals surface area contributed by atoms with Gasteiger partial charge in [0.05, 0.1) is 16.7 Å². The van der Waals surface area contributed by atoms with Crippen molar-refractivity contribution in [1.29, 1.82) is 0 Å². The Morgan fingerprint density at radius 1 is 0.969 bits per heavy atom. The number of alkyl halides is 3. The zero-order valence-electron chi connectivity index (χ0n) is 17.2. The molecule has 0 fully saturated rings. The lowest BCUT2D eigenvalue weighted by molar-refractivity contribution is -0.137. The quantitative estimate of drug-likeness (QED) is 0.422. The van der Waals surface area contributed by atoms with Gasteiger partial charge in [0.2, 0.25) is 0 Å². The molecule has 3 rings (SSSR count). The molecule has 168 valence electrons. The van der Waals surface area contributed by atoms with Crippen molar-refractivity contribution in [2.24, 2.45) is 0 Å². The van der Waals surface area contributed by atoms with Gasteiger partial charge in [0.15, 0.2) is 0 Å². The maximum absolute atomic E-state index is 12.7. The Morgan fingerprint density at radius 2 is 1.69 bits per heavy atom. The molecule has 3 nitrogen and oxygen atoms in total. The van der Waals surface area contributed by atoms with Crippen molar-refractivity contribution in [2.45, 2.75) is 18.7 Å². The molecular weight excluding hydrogens is 439 g/mol. The second kappa shape index (κ2) is 11.6. The number of allylic oxidation sites excluding steroid dienone is 3. The van der Waals surface area contributed by atoms with Crippen LogP contribution in [0.15, 0.2) is 95.9 Å². The molecule has 2 aromatic carbocycles. The summed E-state index contributed by atoms with van der Waals surface area (Å²) in [5.41, 5.74) is 0.392. The summed E-state index contributed by atoms with van der Waals surface area (Å²) in [6, 6.07) is 14.5. The van der Waals surface area contributed by atoms with Crippen LogP contribution in [0.25, 0.3) is 6.08 Å². The molecule has 0 bridgehead atoms. The molecule has 0 aromatic heterocycles. The van der Waals surface area contributed by atoms with Crippen LogP contribution in [0.3, 0.4) is 0 Å². The molecule has 2 aromatic rings. The van der Waals surface area contributed by atoms with E-state index in [9.17, 15) is 13.2 Å². The second-order valence-corrected chi connectivity index (χ2v) is 7.35. The lowest BCUT2D eigenvalue weighted by Crippen LogP contribution is -2.13. The lowest BCUT2D eigenvalue weighted by Gasteiger charge is -2.10. The number of hydrogen-bond donors (Lipinski definition) is 1. The van der Waals surface area contributed by atoms with Gasteiger partial charge < -0.3 is 14.8 Å². The molecule has 1 unspecified atom stereocenters. The summed E-state index contributed by atoms with van der Waals surface area (Å²) in [5.74, 6) is 0.597. The van der Waals surface area contributed by atoms with Gasteiger partial charge in [-0.1, -0.05) is 48.0 Å². The van der Waals surface area contributed by atoms with Crippen molar-refractivity contribution < 1.29 is 22.6 Å². The van der Waals surface area contributed by atoms with Gasteiger partial charge in [-0.25, -0.2) is 0 Å². The third kappa shape index (κ3) is 7.62. The standard InChI is InChI=1S/C25H23ClF3NO2/c26-23-13-11-21(31-18-4-16-30-17-15-19-5-2-1-3-6-19)12-14-24(23)32-22-9-7-20(8-10-22)25(27,28)29/h1-3,5-15,17,21,30H,4,16,18H2/b17-15+. The van der Waals surface area contributed by atoms with Gasteiger partial charge in [-0.05, 0) is 66.8 Å². The minimum absolute atomic E-state index is 0.262. The van der Waals surface area contributed by atoms with Crippen molar-refractivity contribution in [2.75, 3.05) is 13.2 Å². The van der Waals surface area contributed by atoms with Gasteiger partial charge >= 0.3 is 6.18 Å². The summed E-state index contributed by atoms with van der Waals surface area (Å²) in [6.07, 6.45) is 6.96. The molecule has 1 aliphatic rings. The first-order valence-electron chi connectivity index (χ1n) is 10.1. The van der Waals surface area contributed by atoms with Crippen LogP contribution < -0.4 is 10.1 Å². The fourth-order valence-corrected chi connectivity index (χ4v) is 2.99. The lowest BCUT2D eigenvalue weighted by atomic mass is 10.2. The number of hydrogen-bond acceptors (Lipinski definition) is 3. The molecule has 0 radical (unpaired) electrons. The Balaban J connectivity index is 1.42. The van der Waals surface area contributed by atoms with Gasteiger partial charge in [-0.2, -0.15) is 13.2 Å². The minimum atomic E-state index is -4.39. The Kier molecular flexibility index (Phi) is 8.59. The number of ether oxygens (including phenoxy) is 2. The van der Waals surface area contributed by atoms with Gasteiger partial charge in [0, 0.05) is 13.2 Å². The van der Waals surface area contributed by atoms with Crippen LogP contribution in [-0.2, 0) is 10.9 Å². The number of halogens is 4. The van der Waals surface area contributed by atoms with E-state index in [2.05, 4.69) is 5.32 Å². The summed E-state index contributed by atoms with van der Waals surface area (Å²) in [5, 5.41) is 3.56. The Labute approximate surface area is 190 Å². The van der Waals surface area contributed by atoms with Crippen molar-refractivity contribution in [3.8, 4) is 5.75 Å². The van der Waals surface area contributed by atoms with E-state index in [0.717, 1.165) is 30.7 Å². The zero-order chi connectivity index (χ0) is 22.8. The molecule has 0 saturated heterocycles. The maximum atomic E-state index is 12.7. The van der Waals surface area contributed by atoms with E-state index in [-0.39, 0.29) is 11.9 Å². The maximum Gasteiger partial charge on any atom is 0.416 e. The first kappa shape index (κ1) is 23.7. The predicted molar refractivity (Wildman–Crippen MR) is 121 cm³/mol. The van der Waals surface area contributed by atoms with Crippen LogP contribution in [0.4, 0.5) is 13.2 Å².